The Morgan fingerprint density at radius 1 is 0.622 bits per heavy atom. The van der Waals surface area contributed by atoms with Gasteiger partial charge in [0.15, 0.2) is 0 Å². The summed E-state index contributed by atoms with van der Waals surface area (Å²) in [7, 11) is 0. The van der Waals surface area contributed by atoms with E-state index in [0.29, 0.717) is 36.1 Å². The van der Waals surface area contributed by atoms with Crippen molar-refractivity contribution in [1.29, 1.82) is 0 Å². The Morgan fingerprint density at radius 3 is 1.38 bits per heavy atom. The summed E-state index contributed by atoms with van der Waals surface area (Å²) in [4.78, 5) is 5.11. The van der Waals surface area contributed by atoms with Gasteiger partial charge in [-0.15, -0.1) is 11.6 Å². The van der Waals surface area contributed by atoms with Gasteiger partial charge in [0.1, 0.15) is 0 Å². The zero-order valence-corrected chi connectivity index (χ0v) is 24.6. The van der Waals surface area contributed by atoms with Crippen LogP contribution in [-0.4, -0.2) is 5.96 Å². The second kappa shape index (κ2) is 13.1. The third kappa shape index (κ3) is 7.38. The fourth-order valence-corrected chi connectivity index (χ4v) is 4.89. The van der Waals surface area contributed by atoms with E-state index in [1.165, 1.54) is 22.3 Å². The standard InChI is InChI=1S/C33H44ClN3/c1-21(2)27-14-10-15-28(22(3)4)31(27)36-33(35-20-26-13-9-12-25(18-26)19-34)37-32-29(23(5)6)16-11-17-30(32)24(7)8/h9-18,21-24H,19-20H2,1-8H3,(H2,35,36,37). The number of aliphatic imine (C=N–C) groups is 1. The molecule has 0 aromatic heterocycles. The van der Waals surface area contributed by atoms with Gasteiger partial charge >= 0.3 is 0 Å². The van der Waals surface area contributed by atoms with Crippen molar-refractivity contribution in [2.45, 2.75) is 91.5 Å². The Balaban J connectivity index is 2.13. The van der Waals surface area contributed by atoms with Crippen LogP contribution >= 0.6 is 11.6 Å². The highest BCUT2D eigenvalue weighted by molar-refractivity contribution is 6.17. The zero-order chi connectivity index (χ0) is 27.1. The molecule has 3 rings (SSSR count). The van der Waals surface area contributed by atoms with E-state index >= 15 is 0 Å². The Bertz CT molecular complexity index is 1090. The van der Waals surface area contributed by atoms with Crippen molar-refractivity contribution in [3.63, 3.8) is 0 Å². The molecular formula is C33H44ClN3. The lowest BCUT2D eigenvalue weighted by Crippen LogP contribution is -2.26. The summed E-state index contributed by atoms with van der Waals surface area (Å²) in [5.41, 5.74) is 9.75. The van der Waals surface area contributed by atoms with Crippen molar-refractivity contribution >= 4 is 28.9 Å². The van der Waals surface area contributed by atoms with Gasteiger partial charge in [0.25, 0.3) is 0 Å². The average molecular weight is 518 g/mol. The summed E-state index contributed by atoms with van der Waals surface area (Å²) < 4.78 is 0. The van der Waals surface area contributed by atoms with Crippen LogP contribution in [0.4, 0.5) is 11.4 Å². The number of hydrogen-bond acceptors (Lipinski definition) is 1. The van der Waals surface area contributed by atoms with E-state index in [1.54, 1.807) is 0 Å². The fourth-order valence-electron chi connectivity index (χ4n) is 4.72. The molecule has 0 aliphatic carbocycles. The van der Waals surface area contributed by atoms with Crippen LogP contribution in [0.2, 0.25) is 0 Å². The van der Waals surface area contributed by atoms with Gasteiger partial charge in [-0.1, -0.05) is 116 Å². The highest BCUT2D eigenvalue weighted by Crippen LogP contribution is 2.35. The fraction of sp³-hybridized carbons (Fsp3) is 0.424. The number of hydrogen-bond donors (Lipinski definition) is 2. The van der Waals surface area contributed by atoms with Gasteiger partial charge in [0.2, 0.25) is 5.96 Å². The quantitative estimate of drug-likeness (QED) is 0.168. The minimum atomic E-state index is 0.386. The van der Waals surface area contributed by atoms with Crippen molar-refractivity contribution < 1.29 is 0 Å². The summed E-state index contributed by atoms with van der Waals surface area (Å²) in [6, 6.07) is 21.6. The van der Waals surface area contributed by atoms with Gasteiger partial charge in [-0.3, -0.25) is 0 Å². The van der Waals surface area contributed by atoms with Crippen molar-refractivity contribution in [3.8, 4) is 0 Å². The first-order valence-corrected chi connectivity index (χ1v) is 14.1. The molecule has 3 aromatic carbocycles. The molecule has 0 saturated heterocycles. The summed E-state index contributed by atoms with van der Waals surface area (Å²) in [6.07, 6.45) is 0. The first-order chi connectivity index (χ1) is 17.6. The van der Waals surface area contributed by atoms with Crippen LogP contribution in [0.5, 0.6) is 0 Å². The van der Waals surface area contributed by atoms with Crippen molar-refractivity contribution in [2.75, 3.05) is 10.6 Å². The minimum absolute atomic E-state index is 0.386. The molecule has 37 heavy (non-hydrogen) atoms. The molecule has 3 nitrogen and oxygen atoms in total. The van der Waals surface area contributed by atoms with Gasteiger partial charge in [-0.25, -0.2) is 4.99 Å². The monoisotopic (exact) mass is 517 g/mol. The van der Waals surface area contributed by atoms with E-state index in [2.05, 4.69) is 127 Å². The molecule has 0 unspecified atom stereocenters. The molecule has 0 saturated carbocycles. The Kier molecular flexibility index (Phi) is 10.2. The third-order valence-corrected chi connectivity index (χ3v) is 7.11. The number of para-hydroxylation sites is 2. The smallest absolute Gasteiger partial charge is 0.200 e. The molecule has 0 heterocycles. The number of halogens is 1. The number of benzene rings is 3. The molecule has 0 bridgehead atoms. The van der Waals surface area contributed by atoms with Crippen LogP contribution < -0.4 is 10.6 Å². The van der Waals surface area contributed by atoms with Crippen molar-refractivity contribution in [2.24, 2.45) is 4.99 Å². The average Bonchev–Trinajstić information content (AvgIpc) is 2.86. The van der Waals surface area contributed by atoms with Gasteiger partial charge in [0.05, 0.1) is 6.54 Å². The molecular weight excluding hydrogens is 474 g/mol. The molecule has 0 aliphatic rings. The maximum absolute atomic E-state index is 6.10. The van der Waals surface area contributed by atoms with Crippen LogP contribution in [0.15, 0.2) is 65.7 Å². The van der Waals surface area contributed by atoms with Crippen LogP contribution in [0.3, 0.4) is 0 Å². The summed E-state index contributed by atoms with van der Waals surface area (Å²) in [5, 5.41) is 7.54. The van der Waals surface area contributed by atoms with E-state index < -0.39 is 0 Å². The topological polar surface area (TPSA) is 36.4 Å². The number of rotatable bonds is 9. The summed E-state index contributed by atoms with van der Waals surface area (Å²) >= 11 is 6.10. The minimum Gasteiger partial charge on any atom is -0.326 e. The highest BCUT2D eigenvalue weighted by atomic mass is 35.5. The molecule has 0 radical (unpaired) electrons. The lowest BCUT2D eigenvalue weighted by Gasteiger charge is -2.25. The van der Waals surface area contributed by atoms with Crippen LogP contribution in [0, 0.1) is 0 Å². The van der Waals surface area contributed by atoms with Gasteiger partial charge in [-0.05, 0) is 57.1 Å². The molecule has 198 valence electrons. The van der Waals surface area contributed by atoms with E-state index in [4.69, 9.17) is 16.6 Å². The normalized spacial score (nSPS) is 11.5. The van der Waals surface area contributed by atoms with E-state index in [9.17, 15) is 0 Å². The van der Waals surface area contributed by atoms with Gasteiger partial charge in [0, 0.05) is 17.3 Å². The number of nitrogens with one attached hydrogen (secondary N) is 2. The van der Waals surface area contributed by atoms with Gasteiger partial charge < -0.3 is 10.6 Å². The predicted molar refractivity (Wildman–Crippen MR) is 164 cm³/mol. The van der Waals surface area contributed by atoms with E-state index in [0.717, 1.165) is 28.5 Å². The van der Waals surface area contributed by atoms with Crippen LogP contribution in [0.1, 0.15) is 112 Å². The Morgan fingerprint density at radius 2 is 1.00 bits per heavy atom. The maximum Gasteiger partial charge on any atom is 0.200 e. The Labute approximate surface area is 229 Å². The van der Waals surface area contributed by atoms with Crippen LogP contribution in [0.25, 0.3) is 0 Å². The highest BCUT2D eigenvalue weighted by Gasteiger charge is 2.19. The Hall–Kier alpha value is -2.78. The third-order valence-electron chi connectivity index (χ3n) is 6.80. The second-order valence-corrected chi connectivity index (χ2v) is 11.4. The second-order valence-electron chi connectivity index (χ2n) is 11.1. The molecule has 0 fully saturated rings. The van der Waals surface area contributed by atoms with Crippen molar-refractivity contribution in [3.05, 3.63) is 94.0 Å². The maximum atomic E-state index is 6.10. The number of nitrogens with zero attached hydrogens (tertiary/aromatic N) is 1. The first-order valence-electron chi connectivity index (χ1n) is 13.6. The van der Waals surface area contributed by atoms with E-state index in [-0.39, 0.29) is 0 Å². The number of guanidine groups is 1. The molecule has 2 N–H and O–H groups in total. The zero-order valence-electron chi connectivity index (χ0n) is 23.8. The van der Waals surface area contributed by atoms with Crippen LogP contribution in [-0.2, 0) is 12.4 Å². The summed E-state index contributed by atoms with van der Waals surface area (Å²) in [5.74, 6) is 2.81. The number of alkyl halides is 1. The van der Waals surface area contributed by atoms with Gasteiger partial charge in [-0.2, -0.15) is 0 Å². The molecule has 0 aliphatic heterocycles. The SMILES string of the molecule is CC(C)c1cccc(C(C)C)c1NC(=NCc1cccc(CCl)c1)Nc1c(C(C)C)cccc1C(C)C. The molecule has 3 aromatic rings. The van der Waals surface area contributed by atoms with E-state index in [1.807, 2.05) is 0 Å². The van der Waals surface area contributed by atoms with Crippen molar-refractivity contribution in [1.82, 2.24) is 0 Å². The predicted octanol–water partition coefficient (Wildman–Crippen LogP) is 10.00. The largest absolute Gasteiger partial charge is 0.326 e. The summed E-state index contributed by atoms with van der Waals surface area (Å²) in [6.45, 7) is 18.5. The molecule has 0 spiro atoms. The number of anilines is 2. The molecule has 0 atom stereocenters. The molecule has 0 amide bonds. The lowest BCUT2D eigenvalue weighted by molar-refractivity contribution is 0.837. The molecule has 4 heteroatoms. The lowest BCUT2D eigenvalue weighted by atomic mass is 9.92. The first kappa shape index (κ1) is 28.8.